The first-order valence-corrected chi connectivity index (χ1v) is 6.16. The van der Waals surface area contributed by atoms with Gasteiger partial charge in [0.05, 0.1) is 5.69 Å². The summed E-state index contributed by atoms with van der Waals surface area (Å²) in [6, 6.07) is 9.64. The third kappa shape index (κ3) is 2.72. The van der Waals surface area contributed by atoms with Crippen LogP contribution in [0, 0.1) is 6.92 Å². The summed E-state index contributed by atoms with van der Waals surface area (Å²) in [6.45, 7) is 2.05. The van der Waals surface area contributed by atoms with Gasteiger partial charge in [-0.1, -0.05) is 18.2 Å². The molecule has 2 aromatic rings. The molecule has 1 heterocycles. The molecule has 0 radical (unpaired) electrons. The first-order chi connectivity index (χ1) is 8.65. The number of benzene rings is 1. The number of rotatable bonds is 2. The number of phenolic OH excluding ortho intramolecular Hbond substituents is 1. The van der Waals surface area contributed by atoms with Crippen molar-refractivity contribution >= 4 is 12.4 Å². The molecular weight excluding hydrogens is 260 g/mol. The Hall–Kier alpha value is -1.58. The van der Waals surface area contributed by atoms with Gasteiger partial charge in [0.25, 0.3) is 0 Å². The van der Waals surface area contributed by atoms with E-state index < -0.39 is 0 Å². The summed E-state index contributed by atoms with van der Waals surface area (Å²) in [4.78, 5) is 4.52. The van der Waals surface area contributed by atoms with Crippen molar-refractivity contribution in [3.05, 3.63) is 47.7 Å². The average molecular weight is 277 g/mol. The molecule has 4 heteroatoms. The standard InChI is InChI=1S/C15H16N2O.ClH/c1-9-5-11(13-7-14(13)16)8-17-15(9)10-3-2-4-12(18)6-10;/h2-6,8,13-14,18H,7,16H2,1H3;1H/t13-,14+;/m0./s1. The van der Waals surface area contributed by atoms with Crippen LogP contribution in [0.1, 0.15) is 23.5 Å². The van der Waals surface area contributed by atoms with Crippen LogP contribution in [-0.4, -0.2) is 16.1 Å². The van der Waals surface area contributed by atoms with Gasteiger partial charge in [0, 0.05) is 23.7 Å². The number of aromatic nitrogens is 1. The number of aromatic hydroxyl groups is 1. The van der Waals surface area contributed by atoms with E-state index in [1.54, 1.807) is 12.1 Å². The molecule has 0 aliphatic heterocycles. The number of phenols is 1. The van der Waals surface area contributed by atoms with E-state index in [4.69, 9.17) is 5.73 Å². The van der Waals surface area contributed by atoms with Crippen molar-refractivity contribution in [3.63, 3.8) is 0 Å². The maximum atomic E-state index is 9.51. The summed E-state index contributed by atoms with van der Waals surface area (Å²) >= 11 is 0. The van der Waals surface area contributed by atoms with Crippen molar-refractivity contribution < 1.29 is 5.11 Å². The van der Waals surface area contributed by atoms with Gasteiger partial charge >= 0.3 is 0 Å². The Bertz CT molecular complexity index is 600. The lowest BCUT2D eigenvalue weighted by molar-refractivity contribution is 0.475. The number of halogens is 1. The topological polar surface area (TPSA) is 59.1 Å². The summed E-state index contributed by atoms with van der Waals surface area (Å²) in [6.07, 6.45) is 2.97. The molecule has 1 aromatic heterocycles. The fourth-order valence-electron chi connectivity index (χ4n) is 2.35. The maximum absolute atomic E-state index is 9.51. The van der Waals surface area contributed by atoms with Gasteiger partial charge in [-0.25, -0.2) is 0 Å². The molecule has 2 atom stereocenters. The number of hydrogen-bond donors (Lipinski definition) is 2. The zero-order chi connectivity index (χ0) is 12.7. The molecule has 3 rings (SSSR count). The van der Waals surface area contributed by atoms with Crippen LogP contribution in [0.5, 0.6) is 5.75 Å². The average Bonchev–Trinajstić information content (AvgIpc) is 3.06. The Kier molecular flexibility index (Phi) is 3.78. The molecule has 1 aliphatic carbocycles. The summed E-state index contributed by atoms with van der Waals surface area (Å²) in [7, 11) is 0. The number of hydrogen-bond acceptors (Lipinski definition) is 3. The van der Waals surface area contributed by atoms with Gasteiger partial charge in [-0.05, 0) is 36.6 Å². The van der Waals surface area contributed by atoms with Crippen LogP contribution >= 0.6 is 12.4 Å². The van der Waals surface area contributed by atoms with E-state index in [0.717, 1.165) is 23.2 Å². The second-order valence-electron chi connectivity index (χ2n) is 4.99. The van der Waals surface area contributed by atoms with Crippen molar-refractivity contribution in [1.29, 1.82) is 0 Å². The first kappa shape index (κ1) is 13.8. The Morgan fingerprint density at radius 3 is 2.63 bits per heavy atom. The molecule has 0 spiro atoms. The van der Waals surface area contributed by atoms with Gasteiger partial charge in [0.15, 0.2) is 0 Å². The zero-order valence-electron chi connectivity index (χ0n) is 10.7. The maximum Gasteiger partial charge on any atom is 0.116 e. The van der Waals surface area contributed by atoms with Gasteiger partial charge in [-0.2, -0.15) is 0 Å². The summed E-state index contributed by atoms with van der Waals surface area (Å²) in [5, 5.41) is 9.51. The minimum Gasteiger partial charge on any atom is -0.508 e. The molecule has 0 bridgehead atoms. The minimum atomic E-state index is 0. The Morgan fingerprint density at radius 2 is 2.05 bits per heavy atom. The van der Waals surface area contributed by atoms with Crippen molar-refractivity contribution in [2.45, 2.75) is 25.3 Å². The van der Waals surface area contributed by atoms with E-state index in [0.29, 0.717) is 12.0 Å². The lowest BCUT2D eigenvalue weighted by Gasteiger charge is -2.08. The molecular formula is C15H17ClN2O. The van der Waals surface area contributed by atoms with Crippen LogP contribution < -0.4 is 5.73 Å². The molecule has 19 heavy (non-hydrogen) atoms. The van der Waals surface area contributed by atoms with Gasteiger partial charge in [0.2, 0.25) is 0 Å². The molecule has 1 aliphatic rings. The van der Waals surface area contributed by atoms with Crippen molar-refractivity contribution in [2.24, 2.45) is 5.73 Å². The van der Waals surface area contributed by atoms with Crippen molar-refractivity contribution in [3.8, 4) is 17.0 Å². The highest BCUT2D eigenvalue weighted by atomic mass is 35.5. The summed E-state index contributed by atoms with van der Waals surface area (Å²) in [5.74, 6) is 0.747. The largest absolute Gasteiger partial charge is 0.508 e. The van der Waals surface area contributed by atoms with E-state index >= 15 is 0 Å². The highest BCUT2D eigenvalue weighted by molar-refractivity contribution is 5.85. The zero-order valence-corrected chi connectivity index (χ0v) is 11.5. The fourth-order valence-corrected chi connectivity index (χ4v) is 2.35. The Labute approximate surface area is 118 Å². The molecule has 1 fully saturated rings. The molecule has 3 nitrogen and oxygen atoms in total. The van der Waals surface area contributed by atoms with Crippen LogP contribution in [0.2, 0.25) is 0 Å². The van der Waals surface area contributed by atoms with E-state index in [-0.39, 0.29) is 18.2 Å². The van der Waals surface area contributed by atoms with E-state index in [1.165, 1.54) is 5.56 Å². The highest BCUT2D eigenvalue weighted by Gasteiger charge is 2.35. The molecule has 100 valence electrons. The van der Waals surface area contributed by atoms with Gasteiger partial charge < -0.3 is 10.8 Å². The second-order valence-corrected chi connectivity index (χ2v) is 4.99. The molecule has 1 saturated carbocycles. The number of nitrogens with two attached hydrogens (primary N) is 1. The lowest BCUT2D eigenvalue weighted by atomic mass is 10.0. The Morgan fingerprint density at radius 1 is 1.32 bits per heavy atom. The van der Waals surface area contributed by atoms with Crippen LogP contribution in [0.25, 0.3) is 11.3 Å². The number of pyridine rings is 1. The Balaban J connectivity index is 0.00000133. The monoisotopic (exact) mass is 276 g/mol. The van der Waals surface area contributed by atoms with Crippen LogP contribution in [0.4, 0.5) is 0 Å². The fraction of sp³-hybridized carbons (Fsp3) is 0.267. The molecule has 0 saturated heterocycles. The van der Waals surface area contributed by atoms with Gasteiger partial charge in [0.1, 0.15) is 5.75 Å². The van der Waals surface area contributed by atoms with Gasteiger partial charge in [-0.3, -0.25) is 4.98 Å². The normalized spacial score (nSPS) is 20.7. The summed E-state index contributed by atoms with van der Waals surface area (Å²) < 4.78 is 0. The van der Waals surface area contributed by atoms with Crippen LogP contribution in [0.3, 0.4) is 0 Å². The third-order valence-electron chi connectivity index (χ3n) is 3.49. The predicted octanol–water partition coefficient (Wildman–Crippen LogP) is 3.00. The number of nitrogens with zero attached hydrogens (tertiary/aromatic N) is 1. The van der Waals surface area contributed by atoms with E-state index in [1.807, 2.05) is 25.3 Å². The van der Waals surface area contributed by atoms with E-state index in [9.17, 15) is 5.11 Å². The van der Waals surface area contributed by atoms with Gasteiger partial charge in [-0.15, -0.1) is 12.4 Å². The SMILES string of the molecule is Cc1cc([C@@H]2C[C@H]2N)cnc1-c1cccc(O)c1.Cl. The van der Waals surface area contributed by atoms with Crippen molar-refractivity contribution in [2.75, 3.05) is 0 Å². The van der Waals surface area contributed by atoms with Crippen molar-refractivity contribution in [1.82, 2.24) is 4.98 Å². The smallest absolute Gasteiger partial charge is 0.116 e. The third-order valence-corrected chi connectivity index (χ3v) is 3.49. The molecule has 3 N–H and O–H groups in total. The highest BCUT2D eigenvalue weighted by Crippen LogP contribution is 2.39. The lowest BCUT2D eigenvalue weighted by Crippen LogP contribution is -2.01. The van der Waals surface area contributed by atoms with E-state index in [2.05, 4.69) is 11.1 Å². The summed E-state index contributed by atoms with van der Waals surface area (Å²) in [5.41, 5.74) is 10.1. The minimum absolute atomic E-state index is 0. The molecule has 0 amide bonds. The quantitative estimate of drug-likeness (QED) is 0.886. The molecule has 1 aromatic carbocycles. The first-order valence-electron chi connectivity index (χ1n) is 6.16. The second kappa shape index (κ2) is 5.19. The van der Waals surface area contributed by atoms with Crippen LogP contribution in [-0.2, 0) is 0 Å². The number of aryl methyl sites for hydroxylation is 1. The predicted molar refractivity (Wildman–Crippen MR) is 78.7 cm³/mol. The molecule has 0 unspecified atom stereocenters. The van der Waals surface area contributed by atoms with Crippen LogP contribution in [0.15, 0.2) is 36.5 Å².